The third-order valence-corrected chi connectivity index (χ3v) is 3.51. The van der Waals surface area contributed by atoms with Crippen molar-refractivity contribution < 1.29 is 14.3 Å². The lowest BCUT2D eigenvalue weighted by Crippen LogP contribution is -2.13. The summed E-state index contributed by atoms with van der Waals surface area (Å²) in [7, 11) is 0. The average molecular weight is 392 g/mol. The van der Waals surface area contributed by atoms with E-state index < -0.39 is 17.5 Å². The summed E-state index contributed by atoms with van der Waals surface area (Å²) in [4.78, 5) is 12.0. The summed E-state index contributed by atoms with van der Waals surface area (Å²) >= 11 is 7.85. The maximum Gasteiger partial charge on any atom is 0.259 e. The number of aromatic hydroxyl groups is 1. The number of carbonyl (C=O) groups excluding carboxylic acids is 1. The van der Waals surface area contributed by atoms with Gasteiger partial charge in [-0.25, -0.2) is 4.39 Å². The lowest BCUT2D eigenvalue weighted by Gasteiger charge is -2.09. The van der Waals surface area contributed by atoms with E-state index in [1.54, 1.807) is 18.2 Å². The third-order valence-electron chi connectivity index (χ3n) is 2.38. The van der Waals surface area contributed by atoms with Crippen LogP contribution in [0.15, 0.2) is 36.4 Å². The average Bonchev–Trinajstić information content (AvgIpc) is 2.32. The fourth-order valence-electron chi connectivity index (χ4n) is 1.48. The number of rotatable bonds is 2. The molecule has 0 unspecified atom stereocenters. The summed E-state index contributed by atoms with van der Waals surface area (Å²) in [6, 6.07) is 8.22. The standard InChI is InChI=1S/C13H8ClFINO2/c14-7-1-4-11(10(16)5-7)17-13(19)9-3-2-8(15)6-12(9)18/h1-6,18H,(H,17,19). The predicted octanol–water partition coefficient (Wildman–Crippen LogP) is 4.04. The first kappa shape index (κ1) is 14.1. The van der Waals surface area contributed by atoms with Crippen molar-refractivity contribution in [2.45, 2.75) is 0 Å². The monoisotopic (exact) mass is 391 g/mol. The molecule has 2 aromatic carbocycles. The lowest BCUT2D eigenvalue weighted by atomic mass is 10.2. The molecule has 6 heteroatoms. The van der Waals surface area contributed by atoms with E-state index in [1.807, 2.05) is 22.6 Å². The molecule has 0 bridgehead atoms. The molecule has 0 atom stereocenters. The summed E-state index contributed by atoms with van der Waals surface area (Å²) in [6.45, 7) is 0. The van der Waals surface area contributed by atoms with E-state index in [0.717, 1.165) is 15.7 Å². The Labute approximate surface area is 127 Å². The molecule has 0 aromatic heterocycles. The minimum atomic E-state index is -0.602. The van der Waals surface area contributed by atoms with Crippen LogP contribution in [0.4, 0.5) is 10.1 Å². The maximum absolute atomic E-state index is 12.8. The second-order valence-electron chi connectivity index (χ2n) is 3.74. The summed E-state index contributed by atoms with van der Waals surface area (Å²) in [5.41, 5.74) is 0.575. The van der Waals surface area contributed by atoms with Crippen LogP contribution in [-0.2, 0) is 0 Å². The molecule has 0 saturated carbocycles. The van der Waals surface area contributed by atoms with E-state index in [0.29, 0.717) is 10.7 Å². The van der Waals surface area contributed by atoms with Crippen LogP contribution in [0.2, 0.25) is 5.02 Å². The van der Waals surface area contributed by atoms with Crippen molar-refractivity contribution in [2.75, 3.05) is 5.32 Å². The molecule has 1 amide bonds. The third kappa shape index (κ3) is 3.36. The van der Waals surface area contributed by atoms with E-state index in [4.69, 9.17) is 11.6 Å². The highest BCUT2D eigenvalue weighted by atomic mass is 127. The second kappa shape index (κ2) is 5.75. The molecule has 0 spiro atoms. The van der Waals surface area contributed by atoms with Crippen LogP contribution in [0.5, 0.6) is 5.75 Å². The van der Waals surface area contributed by atoms with E-state index >= 15 is 0 Å². The van der Waals surface area contributed by atoms with Gasteiger partial charge in [0.25, 0.3) is 5.91 Å². The summed E-state index contributed by atoms with van der Waals surface area (Å²) in [5, 5.41) is 12.7. The number of benzene rings is 2. The molecular formula is C13H8ClFINO2. The topological polar surface area (TPSA) is 49.3 Å². The van der Waals surface area contributed by atoms with E-state index in [-0.39, 0.29) is 5.56 Å². The molecule has 98 valence electrons. The first-order chi connectivity index (χ1) is 8.97. The number of hydrogen-bond acceptors (Lipinski definition) is 2. The number of amides is 1. The Bertz CT molecular complexity index is 649. The first-order valence-corrected chi connectivity index (χ1v) is 6.68. The zero-order chi connectivity index (χ0) is 14.0. The molecule has 0 fully saturated rings. The van der Waals surface area contributed by atoms with Crippen LogP contribution >= 0.6 is 34.2 Å². The number of phenols is 1. The number of carbonyl (C=O) groups is 1. The van der Waals surface area contributed by atoms with Crippen LogP contribution in [0.25, 0.3) is 0 Å². The van der Waals surface area contributed by atoms with Crippen molar-refractivity contribution in [1.29, 1.82) is 0 Å². The van der Waals surface area contributed by atoms with Crippen LogP contribution in [0.3, 0.4) is 0 Å². The van der Waals surface area contributed by atoms with Crippen LogP contribution < -0.4 is 5.32 Å². The number of phenolic OH excluding ortho intramolecular Hbond substituents is 1. The number of halogens is 3. The van der Waals surface area contributed by atoms with Gasteiger partial charge in [0.2, 0.25) is 0 Å². The van der Waals surface area contributed by atoms with Gasteiger partial charge in [-0.1, -0.05) is 11.6 Å². The molecule has 0 aliphatic carbocycles. The highest BCUT2D eigenvalue weighted by molar-refractivity contribution is 14.1. The van der Waals surface area contributed by atoms with Crippen molar-refractivity contribution in [3.05, 3.63) is 56.4 Å². The zero-order valence-corrected chi connectivity index (χ0v) is 12.4. The van der Waals surface area contributed by atoms with Crippen molar-refractivity contribution in [3.8, 4) is 5.75 Å². The van der Waals surface area contributed by atoms with E-state index in [2.05, 4.69) is 5.32 Å². The smallest absolute Gasteiger partial charge is 0.259 e. The molecule has 2 aromatic rings. The predicted molar refractivity (Wildman–Crippen MR) is 80.2 cm³/mol. The van der Waals surface area contributed by atoms with Gasteiger partial charge in [0.1, 0.15) is 11.6 Å². The van der Waals surface area contributed by atoms with E-state index in [9.17, 15) is 14.3 Å². The Morgan fingerprint density at radius 3 is 2.63 bits per heavy atom. The normalized spacial score (nSPS) is 10.3. The van der Waals surface area contributed by atoms with Crippen molar-refractivity contribution in [3.63, 3.8) is 0 Å². The number of anilines is 1. The van der Waals surface area contributed by atoms with Gasteiger partial charge in [0.05, 0.1) is 11.3 Å². The Hall–Kier alpha value is -1.34. The Morgan fingerprint density at radius 2 is 2.00 bits per heavy atom. The van der Waals surface area contributed by atoms with Crippen molar-refractivity contribution in [2.24, 2.45) is 0 Å². The fraction of sp³-hybridized carbons (Fsp3) is 0. The van der Waals surface area contributed by atoms with Crippen LogP contribution in [-0.4, -0.2) is 11.0 Å². The molecule has 0 radical (unpaired) electrons. The van der Waals surface area contributed by atoms with Gasteiger partial charge in [-0.05, 0) is 52.9 Å². The molecule has 0 heterocycles. The number of hydrogen-bond donors (Lipinski definition) is 2. The molecule has 0 saturated heterocycles. The summed E-state index contributed by atoms with van der Waals surface area (Å²) < 4.78 is 13.6. The highest BCUT2D eigenvalue weighted by Crippen LogP contribution is 2.24. The van der Waals surface area contributed by atoms with E-state index in [1.165, 1.54) is 6.07 Å². The van der Waals surface area contributed by atoms with Gasteiger partial charge in [-0.15, -0.1) is 0 Å². The van der Waals surface area contributed by atoms with Gasteiger partial charge >= 0.3 is 0 Å². The van der Waals surface area contributed by atoms with Crippen LogP contribution in [0.1, 0.15) is 10.4 Å². The lowest BCUT2D eigenvalue weighted by molar-refractivity contribution is 0.102. The fourth-order valence-corrected chi connectivity index (χ4v) is 2.48. The largest absolute Gasteiger partial charge is 0.507 e. The zero-order valence-electron chi connectivity index (χ0n) is 9.45. The Kier molecular flexibility index (Phi) is 4.26. The van der Waals surface area contributed by atoms with Crippen LogP contribution in [0, 0.1) is 9.39 Å². The molecular weight excluding hydrogens is 384 g/mol. The number of nitrogens with one attached hydrogen (secondary N) is 1. The maximum atomic E-state index is 12.8. The molecule has 19 heavy (non-hydrogen) atoms. The molecule has 2 N–H and O–H groups in total. The second-order valence-corrected chi connectivity index (χ2v) is 5.34. The van der Waals surface area contributed by atoms with Gasteiger partial charge in [0.15, 0.2) is 0 Å². The quantitative estimate of drug-likeness (QED) is 0.759. The summed E-state index contributed by atoms with van der Waals surface area (Å²) in [6.07, 6.45) is 0. The van der Waals surface area contributed by atoms with Crippen molar-refractivity contribution >= 4 is 45.8 Å². The molecule has 3 nitrogen and oxygen atoms in total. The minimum Gasteiger partial charge on any atom is -0.507 e. The van der Waals surface area contributed by atoms with Gasteiger partial charge < -0.3 is 10.4 Å². The van der Waals surface area contributed by atoms with Gasteiger partial charge in [-0.2, -0.15) is 0 Å². The van der Waals surface area contributed by atoms with Crippen molar-refractivity contribution in [1.82, 2.24) is 0 Å². The van der Waals surface area contributed by atoms with Gasteiger partial charge in [-0.3, -0.25) is 4.79 Å². The summed E-state index contributed by atoms with van der Waals surface area (Å²) in [5.74, 6) is -1.52. The Morgan fingerprint density at radius 1 is 1.26 bits per heavy atom. The highest BCUT2D eigenvalue weighted by Gasteiger charge is 2.13. The first-order valence-electron chi connectivity index (χ1n) is 5.22. The minimum absolute atomic E-state index is 0.00662. The Balaban J connectivity index is 2.25. The van der Waals surface area contributed by atoms with Gasteiger partial charge in [0, 0.05) is 14.7 Å². The molecule has 2 rings (SSSR count). The SMILES string of the molecule is O=C(Nc1ccc(Cl)cc1I)c1ccc(F)cc1O. The molecule has 0 aliphatic heterocycles. The molecule has 0 aliphatic rings.